The van der Waals surface area contributed by atoms with Crippen molar-refractivity contribution in [2.24, 2.45) is 5.92 Å². The van der Waals surface area contributed by atoms with Crippen molar-refractivity contribution in [2.75, 3.05) is 53.5 Å². The fourth-order valence-corrected chi connectivity index (χ4v) is 3.11. The Kier molecular flexibility index (Phi) is 17.1. The van der Waals surface area contributed by atoms with Crippen LogP contribution >= 0.6 is 7.82 Å². The molecule has 1 amide bonds. The predicted octanol–water partition coefficient (Wildman–Crippen LogP) is -0.00640. The van der Waals surface area contributed by atoms with Crippen molar-refractivity contribution < 1.29 is 37.8 Å². The summed E-state index contributed by atoms with van der Waals surface area (Å²) < 4.78 is 26.7. The Bertz CT molecular complexity index is 617. The molecule has 0 saturated heterocycles. The summed E-state index contributed by atoms with van der Waals surface area (Å²) in [4.78, 5) is 38.5. The number of carbonyl (C=O) groups excluding carboxylic acids is 2. The van der Waals surface area contributed by atoms with Gasteiger partial charge in [0.15, 0.2) is 0 Å². The van der Waals surface area contributed by atoms with Crippen LogP contribution in [0.5, 0.6) is 0 Å². The minimum absolute atomic E-state index is 0.0652. The molecule has 0 radical (unpaired) electrons. The highest BCUT2D eigenvalue weighted by atomic mass is 31.2. The van der Waals surface area contributed by atoms with E-state index in [9.17, 15) is 19.0 Å². The van der Waals surface area contributed by atoms with Gasteiger partial charge < -0.3 is 19.8 Å². The summed E-state index contributed by atoms with van der Waals surface area (Å²) in [5.41, 5.74) is 0. The quantitative estimate of drug-likeness (QED) is 0.0742. The zero-order valence-electron chi connectivity index (χ0n) is 20.1. The normalized spacial score (nSPS) is 14.7. The van der Waals surface area contributed by atoms with Gasteiger partial charge in [-0.1, -0.05) is 20.3 Å². The Morgan fingerprint density at radius 3 is 2.47 bits per heavy atom. The zero-order valence-corrected chi connectivity index (χ0v) is 21.0. The fourth-order valence-electron chi connectivity index (χ4n) is 2.27. The maximum Gasteiger partial charge on any atom is 0.472 e. The van der Waals surface area contributed by atoms with Gasteiger partial charge in [-0.15, -0.1) is 0 Å². The SMILES string of the molecule is CCNC(=[NH+]CCCN(C)C)OC(=O)CCCC(=O)NCCOP(=O)(O)OCC(C)CC. The van der Waals surface area contributed by atoms with Crippen LogP contribution in [0.1, 0.15) is 52.9 Å². The van der Waals surface area contributed by atoms with E-state index in [2.05, 4.69) is 20.5 Å². The number of ether oxygens (including phenoxy) is 1. The smallest absolute Gasteiger partial charge is 0.358 e. The first-order chi connectivity index (χ1) is 15.1. The summed E-state index contributed by atoms with van der Waals surface area (Å²) in [7, 11) is -0.133. The molecule has 2 unspecified atom stereocenters. The number of nitrogens with zero attached hydrogens (tertiary/aromatic N) is 1. The molecular formula is C20H42N4O7P+. The van der Waals surface area contributed by atoms with Crippen LogP contribution in [0.15, 0.2) is 0 Å². The van der Waals surface area contributed by atoms with Crippen LogP contribution in [0, 0.1) is 5.92 Å². The lowest BCUT2D eigenvalue weighted by Crippen LogP contribution is -2.77. The number of phosphoric ester groups is 1. The van der Waals surface area contributed by atoms with Gasteiger partial charge in [-0.25, -0.2) is 14.9 Å². The minimum atomic E-state index is -4.12. The van der Waals surface area contributed by atoms with Gasteiger partial charge in [0.1, 0.15) is 0 Å². The average molecular weight is 482 g/mol. The van der Waals surface area contributed by atoms with Crippen LogP contribution in [0.2, 0.25) is 0 Å². The van der Waals surface area contributed by atoms with Crippen LogP contribution in [-0.4, -0.2) is 81.2 Å². The molecule has 12 heteroatoms. The number of amidine groups is 1. The number of carbonyl (C=O) groups is 2. The van der Waals surface area contributed by atoms with Crippen LogP contribution in [0.3, 0.4) is 0 Å². The van der Waals surface area contributed by atoms with Gasteiger partial charge in [-0.05, 0) is 39.8 Å². The topological polar surface area (TPSA) is 140 Å². The minimum Gasteiger partial charge on any atom is -0.358 e. The first kappa shape index (κ1) is 30.5. The van der Waals surface area contributed by atoms with Gasteiger partial charge in [0.25, 0.3) is 0 Å². The predicted molar refractivity (Wildman–Crippen MR) is 122 cm³/mol. The molecule has 0 aliphatic heterocycles. The number of esters is 1. The van der Waals surface area contributed by atoms with Crippen molar-refractivity contribution in [1.29, 1.82) is 0 Å². The molecule has 0 aromatic heterocycles. The van der Waals surface area contributed by atoms with Crippen molar-refractivity contribution in [2.45, 2.75) is 52.9 Å². The first-order valence-electron chi connectivity index (χ1n) is 11.2. The highest BCUT2D eigenvalue weighted by molar-refractivity contribution is 7.47. The third-order valence-corrected chi connectivity index (χ3v) is 5.29. The Balaban J connectivity index is 4.04. The summed E-state index contributed by atoms with van der Waals surface area (Å²) >= 11 is 0. The summed E-state index contributed by atoms with van der Waals surface area (Å²) in [5, 5.41) is 5.54. The van der Waals surface area contributed by atoms with E-state index < -0.39 is 13.8 Å². The molecule has 0 spiro atoms. The molecule has 188 valence electrons. The van der Waals surface area contributed by atoms with E-state index in [0.717, 1.165) is 19.4 Å². The van der Waals surface area contributed by atoms with Crippen molar-refractivity contribution in [3.8, 4) is 0 Å². The van der Waals surface area contributed by atoms with Crippen molar-refractivity contribution in [3.05, 3.63) is 0 Å². The largest absolute Gasteiger partial charge is 0.472 e. The molecule has 2 atom stereocenters. The standard InChI is InChI=1S/C20H41N4O7P/c1-6-17(3)16-30-32(27,28)29-15-13-22-18(25)10-8-11-19(26)31-20(21-7-2)23-12-9-14-24(4)5/h17H,6-16H2,1-5H3,(H,21,23)(H,22,25)(H,27,28)/p+1. The highest BCUT2D eigenvalue weighted by Gasteiger charge is 2.21. The lowest BCUT2D eigenvalue weighted by molar-refractivity contribution is -0.469. The Morgan fingerprint density at radius 1 is 1.12 bits per heavy atom. The van der Waals surface area contributed by atoms with Gasteiger partial charge in [0, 0.05) is 25.9 Å². The van der Waals surface area contributed by atoms with Crippen molar-refractivity contribution in [1.82, 2.24) is 15.5 Å². The van der Waals surface area contributed by atoms with Gasteiger partial charge in [0.05, 0.1) is 26.3 Å². The summed E-state index contributed by atoms with van der Waals surface area (Å²) in [6, 6.07) is 0.321. The van der Waals surface area contributed by atoms with E-state index in [0.29, 0.717) is 25.5 Å². The van der Waals surface area contributed by atoms with Crippen LogP contribution in [0.4, 0.5) is 0 Å². The van der Waals surface area contributed by atoms with Gasteiger partial charge >= 0.3 is 19.8 Å². The van der Waals surface area contributed by atoms with E-state index >= 15 is 0 Å². The fraction of sp³-hybridized carbons (Fsp3) is 0.850. The second-order valence-electron chi connectivity index (χ2n) is 7.73. The van der Waals surface area contributed by atoms with Crippen LogP contribution in [-0.2, 0) is 27.9 Å². The maximum absolute atomic E-state index is 12.0. The second-order valence-corrected chi connectivity index (χ2v) is 9.19. The molecule has 0 aromatic carbocycles. The van der Waals surface area contributed by atoms with Crippen molar-refractivity contribution >= 4 is 25.7 Å². The van der Waals surface area contributed by atoms with E-state index in [1.807, 2.05) is 34.9 Å². The molecule has 0 aromatic rings. The molecule has 11 nitrogen and oxygen atoms in total. The van der Waals surface area contributed by atoms with Crippen LogP contribution < -0.4 is 15.6 Å². The van der Waals surface area contributed by atoms with Crippen LogP contribution in [0.25, 0.3) is 0 Å². The zero-order chi connectivity index (χ0) is 24.4. The number of hydrogen-bond acceptors (Lipinski definition) is 7. The lowest BCUT2D eigenvalue weighted by atomic mass is 10.1. The number of nitrogens with one attached hydrogen (secondary N) is 3. The second kappa shape index (κ2) is 18.0. The maximum atomic E-state index is 12.0. The van der Waals surface area contributed by atoms with E-state index in [1.54, 1.807) is 0 Å². The molecule has 4 N–H and O–H groups in total. The molecule has 0 fully saturated rings. The Labute approximate surface area is 191 Å². The molecule has 0 heterocycles. The van der Waals surface area contributed by atoms with E-state index in [1.165, 1.54) is 0 Å². The number of amides is 1. The number of phosphoric acid groups is 1. The van der Waals surface area contributed by atoms with E-state index in [4.69, 9.17) is 13.8 Å². The lowest BCUT2D eigenvalue weighted by Gasteiger charge is -2.14. The summed E-state index contributed by atoms with van der Waals surface area (Å²) in [5.74, 6) is -0.569. The third kappa shape index (κ3) is 18.1. The number of rotatable bonds is 17. The average Bonchev–Trinajstić information content (AvgIpc) is 2.72. The van der Waals surface area contributed by atoms with Crippen molar-refractivity contribution in [3.63, 3.8) is 0 Å². The molecule has 0 bridgehead atoms. The van der Waals surface area contributed by atoms with Gasteiger partial charge in [-0.2, -0.15) is 0 Å². The Hall–Kier alpha value is -1.52. The molecule has 0 saturated carbocycles. The van der Waals surface area contributed by atoms with Gasteiger partial charge in [0.2, 0.25) is 5.91 Å². The summed E-state index contributed by atoms with van der Waals surface area (Å²) in [6.07, 6.45) is 2.27. The summed E-state index contributed by atoms with van der Waals surface area (Å²) in [6.45, 7) is 8.00. The number of hydrogen-bond donors (Lipinski definition) is 4. The molecule has 0 aliphatic rings. The molecular weight excluding hydrogens is 439 g/mol. The monoisotopic (exact) mass is 481 g/mol. The highest BCUT2D eigenvalue weighted by Crippen LogP contribution is 2.43. The first-order valence-corrected chi connectivity index (χ1v) is 12.7. The molecule has 0 aliphatic carbocycles. The molecule has 32 heavy (non-hydrogen) atoms. The third-order valence-electron chi connectivity index (χ3n) is 4.30. The van der Waals surface area contributed by atoms with E-state index in [-0.39, 0.29) is 44.4 Å². The Morgan fingerprint density at radius 2 is 1.84 bits per heavy atom. The van der Waals surface area contributed by atoms with Gasteiger partial charge in [-0.3, -0.25) is 18.6 Å². The molecule has 0 rings (SSSR count).